The number of hydrogen-bond donors (Lipinski definition) is 2. The third kappa shape index (κ3) is 8.17. The van der Waals surface area contributed by atoms with Crippen molar-refractivity contribution in [2.75, 3.05) is 19.8 Å². The number of hydrogen-bond acceptors (Lipinski definition) is 4. The maximum Gasteiger partial charge on any atom is 0.191 e. The van der Waals surface area contributed by atoms with Crippen LogP contribution in [-0.4, -0.2) is 40.3 Å². The first-order valence-corrected chi connectivity index (χ1v) is 10.7. The largest absolute Gasteiger partial charge is 0.489 e. The molecule has 0 aromatic heterocycles. The predicted molar refractivity (Wildman–Crippen MR) is 124 cm³/mol. The minimum atomic E-state index is -3.23. The number of guanidine groups is 1. The average molecular weight is 535 g/mol. The molecular weight excluding hydrogens is 508 g/mol. The summed E-state index contributed by atoms with van der Waals surface area (Å²) >= 11 is 0. The molecule has 0 spiro atoms. The topological polar surface area (TPSA) is 79.8 Å². The number of rotatable bonds is 7. The zero-order valence-corrected chi connectivity index (χ0v) is 20.0. The van der Waals surface area contributed by atoms with Gasteiger partial charge in [-0.15, -0.1) is 24.0 Å². The second-order valence-corrected chi connectivity index (χ2v) is 8.55. The molecule has 1 atom stereocenters. The van der Waals surface area contributed by atoms with Gasteiger partial charge in [0.15, 0.2) is 15.8 Å². The number of nitrogens with one attached hydrogen (secondary N) is 2. The van der Waals surface area contributed by atoms with Gasteiger partial charge in [-0.1, -0.05) is 18.2 Å². The van der Waals surface area contributed by atoms with E-state index in [2.05, 4.69) is 15.6 Å². The van der Waals surface area contributed by atoms with Crippen LogP contribution in [0.1, 0.15) is 18.1 Å². The Kier molecular flexibility index (Phi) is 9.84. The zero-order valence-electron chi connectivity index (χ0n) is 16.9. The van der Waals surface area contributed by atoms with Gasteiger partial charge in [0.1, 0.15) is 17.7 Å². The van der Waals surface area contributed by atoms with Crippen LogP contribution >= 0.6 is 24.0 Å². The Bertz CT molecular complexity index is 952. The molecule has 9 heteroatoms. The molecule has 0 fully saturated rings. The first kappa shape index (κ1) is 25.2. The fourth-order valence-corrected chi connectivity index (χ4v) is 3.66. The summed E-state index contributed by atoms with van der Waals surface area (Å²) in [5, 5.41) is 6.32. The van der Waals surface area contributed by atoms with Crippen molar-refractivity contribution in [2.24, 2.45) is 4.99 Å². The number of ether oxygens (including phenoxy) is 1. The predicted octanol–water partition coefficient (Wildman–Crippen LogP) is 3.29. The van der Waals surface area contributed by atoms with Gasteiger partial charge in [0.05, 0.1) is 11.4 Å². The third-order valence-electron chi connectivity index (χ3n) is 4.01. The first-order valence-electron chi connectivity index (χ1n) is 8.85. The van der Waals surface area contributed by atoms with Gasteiger partial charge in [-0.3, -0.25) is 4.99 Å². The Hall–Kier alpha value is -1.88. The van der Waals surface area contributed by atoms with Gasteiger partial charge in [0.2, 0.25) is 0 Å². The number of nitrogens with zero attached hydrogens (tertiary/aromatic N) is 1. The van der Waals surface area contributed by atoms with Crippen molar-refractivity contribution < 1.29 is 17.5 Å². The molecule has 29 heavy (non-hydrogen) atoms. The van der Waals surface area contributed by atoms with Crippen molar-refractivity contribution in [1.29, 1.82) is 0 Å². The van der Waals surface area contributed by atoms with E-state index in [9.17, 15) is 12.8 Å². The number of sulfone groups is 1. The van der Waals surface area contributed by atoms with Gasteiger partial charge < -0.3 is 15.4 Å². The third-order valence-corrected chi connectivity index (χ3v) is 5.27. The van der Waals surface area contributed by atoms with Gasteiger partial charge in [0, 0.05) is 25.9 Å². The van der Waals surface area contributed by atoms with E-state index in [1.165, 1.54) is 18.4 Å². The molecule has 0 aliphatic rings. The lowest BCUT2D eigenvalue weighted by molar-refractivity contribution is 0.223. The molecule has 0 saturated carbocycles. The fraction of sp³-hybridized carbons (Fsp3) is 0.350. The summed E-state index contributed by atoms with van der Waals surface area (Å²) < 4.78 is 42.3. The monoisotopic (exact) mass is 535 g/mol. The molecule has 2 rings (SSSR count). The normalized spacial score (nSPS) is 12.7. The van der Waals surface area contributed by atoms with E-state index in [-0.39, 0.29) is 35.9 Å². The lowest BCUT2D eigenvalue weighted by Gasteiger charge is -2.18. The summed E-state index contributed by atoms with van der Waals surface area (Å²) in [5.41, 5.74) is 1.65. The van der Waals surface area contributed by atoms with Crippen LogP contribution in [0.2, 0.25) is 0 Å². The van der Waals surface area contributed by atoms with Crippen LogP contribution in [0.25, 0.3) is 0 Å². The molecule has 2 N–H and O–H groups in total. The van der Waals surface area contributed by atoms with Gasteiger partial charge >= 0.3 is 0 Å². The summed E-state index contributed by atoms with van der Waals surface area (Å²) in [7, 11) is -1.57. The molecule has 6 nitrogen and oxygen atoms in total. The van der Waals surface area contributed by atoms with Crippen LogP contribution in [0, 0.1) is 12.7 Å². The van der Waals surface area contributed by atoms with E-state index in [1.807, 2.05) is 13.0 Å². The molecule has 0 radical (unpaired) electrons. The van der Waals surface area contributed by atoms with Crippen LogP contribution in [0.15, 0.2) is 52.4 Å². The van der Waals surface area contributed by atoms with Crippen LogP contribution in [0.5, 0.6) is 5.75 Å². The summed E-state index contributed by atoms with van der Waals surface area (Å²) in [6, 6.07) is 11.2. The molecular formula is C20H27FIN3O3S. The number of halogens is 2. The Morgan fingerprint density at radius 3 is 2.52 bits per heavy atom. The van der Waals surface area contributed by atoms with Gasteiger partial charge in [0.25, 0.3) is 0 Å². The van der Waals surface area contributed by atoms with Crippen molar-refractivity contribution in [1.82, 2.24) is 10.6 Å². The van der Waals surface area contributed by atoms with Crippen molar-refractivity contribution in [2.45, 2.75) is 31.4 Å². The molecule has 1 unspecified atom stereocenters. The van der Waals surface area contributed by atoms with Crippen LogP contribution in [-0.2, 0) is 16.4 Å². The Morgan fingerprint density at radius 1 is 1.21 bits per heavy atom. The highest BCUT2D eigenvalue weighted by atomic mass is 127. The lowest BCUT2D eigenvalue weighted by atomic mass is 10.1. The molecule has 2 aromatic carbocycles. The summed E-state index contributed by atoms with van der Waals surface area (Å²) in [6.45, 7) is 4.61. The van der Waals surface area contributed by atoms with Crippen molar-refractivity contribution in [3.05, 3.63) is 59.4 Å². The van der Waals surface area contributed by atoms with Crippen LogP contribution in [0.3, 0.4) is 0 Å². The molecule has 0 heterocycles. The second kappa shape index (κ2) is 11.3. The highest BCUT2D eigenvalue weighted by molar-refractivity contribution is 14.0. The minimum absolute atomic E-state index is 0. The van der Waals surface area contributed by atoms with Gasteiger partial charge in [-0.05, 0) is 43.2 Å². The fourth-order valence-electron chi connectivity index (χ4n) is 2.70. The van der Waals surface area contributed by atoms with E-state index in [1.54, 1.807) is 38.2 Å². The van der Waals surface area contributed by atoms with E-state index in [0.717, 1.165) is 5.56 Å². The van der Waals surface area contributed by atoms with Gasteiger partial charge in [-0.25, -0.2) is 12.8 Å². The SMILES string of the molecule is CN=C(NCc1ccc(S(C)(=O)=O)c(C)c1)NCC(C)Oc1cccc(F)c1.I. The molecule has 0 saturated heterocycles. The molecule has 0 bridgehead atoms. The standard InChI is InChI=1S/C20H26FN3O3S.HI/c1-14-10-16(8-9-19(14)28(4,25)26)13-24-20(22-3)23-12-15(2)27-18-7-5-6-17(21)11-18;/h5-11,15H,12-13H2,1-4H3,(H2,22,23,24);1H. The summed E-state index contributed by atoms with van der Waals surface area (Å²) in [5.74, 6) is 0.713. The Morgan fingerprint density at radius 2 is 1.93 bits per heavy atom. The Balaban J connectivity index is 0.00000420. The Labute approximate surface area is 188 Å². The van der Waals surface area contributed by atoms with Crippen molar-refractivity contribution in [3.63, 3.8) is 0 Å². The summed E-state index contributed by atoms with van der Waals surface area (Å²) in [6.07, 6.45) is 1.00. The summed E-state index contributed by atoms with van der Waals surface area (Å²) in [4.78, 5) is 4.49. The van der Waals surface area contributed by atoms with Crippen LogP contribution in [0.4, 0.5) is 4.39 Å². The molecule has 160 valence electrons. The van der Waals surface area contributed by atoms with Gasteiger partial charge in [-0.2, -0.15) is 0 Å². The van der Waals surface area contributed by atoms with E-state index in [0.29, 0.717) is 35.3 Å². The number of aryl methyl sites for hydroxylation is 1. The average Bonchev–Trinajstić information content (AvgIpc) is 2.61. The highest BCUT2D eigenvalue weighted by Gasteiger charge is 2.11. The second-order valence-electron chi connectivity index (χ2n) is 6.56. The van der Waals surface area contributed by atoms with Crippen molar-refractivity contribution in [3.8, 4) is 5.75 Å². The maximum atomic E-state index is 13.2. The van der Waals surface area contributed by atoms with E-state index >= 15 is 0 Å². The molecule has 2 aromatic rings. The van der Waals surface area contributed by atoms with Crippen LogP contribution < -0.4 is 15.4 Å². The van der Waals surface area contributed by atoms with E-state index < -0.39 is 9.84 Å². The number of aliphatic imine (C=N–C) groups is 1. The van der Waals surface area contributed by atoms with Crippen molar-refractivity contribution >= 4 is 39.8 Å². The highest BCUT2D eigenvalue weighted by Crippen LogP contribution is 2.16. The maximum absolute atomic E-state index is 13.2. The zero-order chi connectivity index (χ0) is 20.7. The molecule has 0 amide bonds. The quantitative estimate of drug-likeness (QED) is 0.323. The molecule has 0 aliphatic heterocycles. The minimum Gasteiger partial charge on any atom is -0.489 e. The number of benzene rings is 2. The molecule has 0 aliphatic carbocycles. The smallest absolute Gasteiger partial charge is 0.191 e. The van der Waals surface area contributed by atoms with E-state index in [4.69, 9.17) is 4.74 Å². The lowest BCUT2D eigenvalue weighted by Crippen LogP contribution is -2.41. The first-order chi connectivity index (χ1) is 13.2.